The molecule has 29 heavy (non-hydrogen) atoms. The summed E-state index contributed by atoms with van der Waals surface area (Å²) in [7, 11) is 0. The van der Waals surface area contributed by atoms with Crippen LogP contribution in [-0.4, -0.2) is 80.1 Å². The van der Waals surface area contributed by atoms with Crippen LogP contribution in [0.3, 0.4) is 0 Å². The zero-order chi connectivity index (χ0) is 20.9. The van der Waals surface area contributed by atoms with Crippen LogP contribution in [0, 0.1) is 0 Å². The minimum atomic E-state index is -0.501. The lowest BCUT2D eigenvalue weighted by molar-refractivity contribution is 0.0207. The zero-order valence-corrected chi connectivity index (χ0v) is 17.4. The zero-order valence-electron chi connectivity index (χ0n) is 17.4. The van der Waals surface area contributed by atoms with Gasteiger partial charge in [0.1, 0.15) is 5.60 Å². The fourth-order valence-electron chi connectivity index (χ4n) is 3.28. The predicted molar refractivity (Wildman–Crippen MR) is 111 cm³/mol. The van der Waals surface area contributed by atoms with Crippen molar-refractivity contribution in [2.45, 2.75) is 26.4 Å². The molecule has 2 fully saturated rings. The van der Waals surface area contributed by atoms with Crippen LogP contribution >= 0.6 is 0 Å². The highest BCUT2D eigenvalue weighted by Crippen LogP contribution is 2.27. The van der Waals surface area contributed by atoms with E-state index in [2.05, 4.69) is 15.6 Å². The molecule has 1 aromatic carbocycles. The number of piperazine rings is 1. The summed E-state index contributed by atoms with van der Waals surface area (Å²) in [4.78, 5) is 28.6. The fourth-order valence-corrected chi connectivity index (χ4v) is 3.28. The molecular weight excluding hydrogens is 374 g/mol. The lowest BCUT2D eigenvalue weighted by Crippen LogP contribution is -2.51. The molecule has 2 aliphatic rings. The Bertz CT molecular complexity index is 707. The summed E-state index contributed by atoms with van der Waals surface area (Å²) < 4.78 is 10.7. The topological polar surface area (TPSA) is 86.4 Å². The van der Waals surface area contributed by atoms with Crippen LogP contribution in [0.2, 0.25) is 0 Å². The average Bonchev–Trinajstić information content (AvgIpc) is 2.68. The van der Waals surface area contributed by atoms with E-state index >= 15 is 0 Å². The van der Waals surface area contributed by atoms with E-state index in [9.17, 15) is 9.59 Å². The lowest BCUT2D eigenvalue weighted by atomic mass is 10.2. The molecule has 0 atom stereocenters. The van der Waals surface area contributed by atoms with Gasteiger partial charge in [0, 0.05) is 39.3 Å². The van der Waals surface area contributed by atoms with E-state index < -0.39 is 5.60 Å². The van der Waals surface area contributed by atoms with E-state index in [1.807, 2.05) is 50.0 Å². The summed E-state index contributed by atoms with van der Waals surface area (Å²) in [5, 5.41) is 4.79. The molecule has 3 amide bonds. The van der Waals surface area contributed by atoms with Crippen molar-refractivity contribution in [3.63, 3.8) is 0 Å². The van der Waals surface area contributed by atoms with E-state index in [4.69, 9.17) is 9.47 Å². The third-order valence-corrected chi connectivity index (χ3v) is 4.70. The van der Waals surface area contributed by atoms with Crippen molar-refractivity contribution in [2.75, 3.05) is 62.7 Å². The van der Waals surface area contributed by atoms with Crippen molar-refractivity contribution in [1.82, 2.24) is 15.3 Å². The van der Waals surface area contributed by atoms with Gasteiger partial charge in [0.15, 0.2) is 0 Å². The van der Waals surface area contributed by atoms with Crippen molar-refractivity contribution in [3.8, 4) is 0 Å². The molecule has 0 aromatic heterocycles. The molecule has 0 aliphatic carbocycles. The second-order valence-corrected chi connectivity index (χ2v) is 8.14. The molecule has 1 aromatic rings. The molecule has 2 aliphatic heterocycles. The number of urea groups is 1. The van der Waals surface area contributed by atoms with Gasteiger partial charge in [-0.1, -0.05) is 12.1 Å². The van der Waals surface area contributed by atoms with Gasteiger partial charge in [-0.2, -0.15) is 0 Å². The molecule has 0 radical (unpaired) electrons. The van der Waals surface area contributed by atoms with Crippen LogP contribution in [0.1, 0.15) is 20.8 Å². The van der Waals surface area contributed by atoms with Gasteiger partial charge < -0.3 is 24.6 Å². The predicted octanol–water partition coefficient (Wildman–Crippen LogP) is 2.11. The number of nitrogens with one attached hydrogen (secondary N) is 2. The second kappa shape index (κ2) is 9.32. The number of hydrogen-bond acceptors (Lipinski definition) is 6. The van der Waals surface area contributed by atoms with Gasteiger partial charge in [0.25, 0.3) is 0 Å². The molecule has 0 spiro atoms. The number of hydrogen-bond donors (Lipinski definition) is 2. The number of morpholine rings is 1. The van der Waals surface area contributed by atoms with Gasteiger partial charge >= 0.3 is 12.1 Å². The van der Waals surface area contributed by atoms with Crippen LogP contribution in [0.25, 0.3) is 0 Å². The summed E-state index contributed by atoms with van der Waals surface area (Å²) in [6.07, 6.45) is -0.284. The minimum absolute atomic E-state index is 0.272. The lowest BCUT2D eigenvalue weighted by Gasteiger charge is -2.37. The molecule has 9 heteroatoms. The van der Waals surface area contributed by atoms with E-state index in [1.165, 1.54) is 0 Å². The maximum absolute atomic E-state index is 12.4. The molecule has 2 N–H and O–H groups in total. The Labute approximate surface area is 171 Å². The smallest absolute Gasteiger partial charge is 0.410 e. The Morgan fingerprint density at radius 2 is 1.66 bits per heavy atom. The molecule has 0 bridgehead atoms. The van der Waals surface area contributed by atoms with Crippen LogP contribution in [-0.2, 0) is 9.47 Å². The highest BCUT2D eigenvalue weighted by atomic mass is 16.6. The Balaban J connectivity index is 1.56. The quantitative estimate of drug-likeness (QED) is 0.801. The number of ether oxygens (including phenoxy) is 2. The van der Waals surface area contributed by atoms with E-state index in [1.54, 1.807) is 4.90 Å². The molecule has 0 unspecified atom stereocenters. The van der Waals surface area contributed by atoms with Crippen molar-refractivity contribution in [3.05, 3.63) is 24.3 Å². The summed E-state index contributed by atoms with van der Waals surface area (Å²) in [6.45, 7) is 10.6. The first-order valence-corrected chi connectivity index (χ1v) is 10.0. The van der Waals surface area contributed by atoms with Crippen molar-refractivity contribution in [1.29, 1.82) is 0 Å². The standard InChI is InChI=1S/C20H31N5O4/c1-20(2,3)29-19(27)24-10-8-23(9-11-24)17-7-5-4-6-16(17)21-18(26)22-25-12-14-28-15-13-25/h4-7H,8-15H2,1-3H3,(H2,21,22,26). The van der Waals surface area contributed by atoms with Gasteiger partial charge in [0.05, 0.1) is 24.6 Å². The Hall–Kier alpha value is -2.52. The number of para-hydroxylation sites is 2. The summed E-state index contributed by atoms with van der Waals surface area (Å²) in [5.74, 6) is 0. The maximum atomic E-state index is 12.4. The number of hydrazine groups is 1. The van der Waals surface area contributed by atoms with Gasteiger partial charge in [0.2, 0.25) is 0 Å². The van der Waals surface area contributed by atoms with E-state index in [-0.39, 0.29) is 12.1 Å². The Morgan fingerprint density at radius 1 is 1.00 bits per heavy atom. The summed E-state index contributed by atoms with van der Waals surface area (Å²) in [5.41, 5.74) is 4.03. The van der Waals surface area contributed by atoms with Crippen molar-refractivity contribution in [2.24, 2.45) is 0 Å². The molecule has 3 rings (SSSR count). The van der Waals surface area contributed by atoms with Crippen LogP contribution < -0.4 is 15.6 Å². The first kappa shape index (κ1) is 21.2. The summed E-state index contributed by atoms with van der Waals surface area (Å²) in [6, 6.07) is 7.43. The number of amides is 3. The first-order chi connectivity index (χ1) is 13.8. The first-order valence-electron chi connectivity index (χ1n) is 10.0. The number of anilines is 2. The number of nitrogens with zero attached hydrogens (tertiary/aromatic N) is 3. The normalized spacial score (nSPS) is 18.3. The Kier molecular flexibility index (Phi) is 6.81. The highest BCUT2D eigenvalue weighted by Gasteiger charge is 2.27. The number of carbonyl (C=O) groups excluding carboxylic acids is 2. The van der Waals surface area contributed by atoms with Crippen LogP contribution in [0.5, 0.6) is 0 Å². The minimum Gasteiger partial charge on any atom is -0.444 e. The van der Waals surface area contributed by atoms with Gasteiger partial charge in [-0.25, -0.2) is 14.6 Å². The third kappa shape index (κ3) is 6.23. The molecule has 0 saturated carbocycles. The van der Waals surface area contributed by atoms with Gasteiger partial charge in [-0.15, -0.1) is 0 Å². The van der Waals surface area contributed by atoms with E-state index in [0.29, 0.717) is 52.5 Å². The highest BCUT2D eigenvalue weighted by molar-refractivity contribution is 5.93. The molecule has 2 saturated heterocycles. The third-order valence-electron chi connectivity index (χ3n) is 4.70. The number of benzene rings is 1. The largest absolute Gasteiger partial charge is 0.444 e. The van der Waals surface area contributed by atoms with E-state index in [0.717, 1.165) is 11.4 Å². The van der Waals surface area contributed by atoms with Crippen LogP contribution in [0.15, 0.2) is 24.3 Å². The van der Waals surface area contributed by atoms with Crippen molar-refractivity contribution < 1.29 is 19.1 Å². The van der Waals surface area contributed by atoms with Crippen LogP contribution in [0.4, 0.5) is 21.0 Å². The summed E-state index contributed by atoms with van der Waals surface area (Å²) >= 11 is 0. The maximum Gasteiger partial charge on any atom is 0.410 e. The molecule has 9 nitrogen and oxygen atoms in total. The average molecular weight is 405 g/mol. The monoisotopic (exact) mass is 405 g/mol. The molecule has 2 heterocycles. The number of rotatable bonds is 3. The van der Waals surface area contributed by atoms with Gasteiger partial charge in [-0.05, 0) is 32.9 Å². The van der Waals surface area contributed by atoms with Gasteiger partial charge in [-0.3, -0.25) is 5.43 Å². The van der Waals surface area contributed by atoms with Crippen molar-refractivity contribution >= 4 is 23.5 Å². The molecule has 160 valence electrons. The SMILES string of the molecule is CC(C)(C)OC(=O)N1CCN(c2ccccc2NC(=O)NN2CCOCC2)CC1. The Morgan fingerprint density at radius 3 is 2.31 bits per heavy atom. The fraction of sp³-hybridized carbons (Fsp3) is 0.600. The number of carbonyl (C=O) groups is 2. The molecular formula is C20H31N5O4. The second-order valence-electron chi connectivity index (χ2n) is 8.14.